The van der Waals surface area contributed by atoms with Crippen molar-refractivity contribution in [2.75, 3.05) is 5.32 Å². The molecule has 0 unspecified atom stereocenters. The van der Waals surface area contributed by atoms with Gasteiger partial charge in [-0.25, -0.2) is 4.79 Å². The molecule has 2 aromatic carbocycles. The molecule has 0 atom stereocenters. The summed E-state index contributed by atoms with van der Waals surface area (Å²) >= 11 is 6.00. The van der Waals surface area contributed by atoms with Crippen molar-refractivity contribution in [3.63, 3.8) is 0 Å². The highest BCUT2D eigenvalue weighted by atomic mass is 35.5. The molecule has 0 amide bonds. The number of hydrogen-bond donors (Lipinski definition) is 2. The number of benzene rings is 2. The molecule has 3 aromatic rings. The smallest absolute Gasteiger partial charge is 0.337 e. The highest BCUT2D eigenvalue weighted by molar-refractivity contribution is 6.33. The molecule has 0 bridgehead atoms. The van der Waals surface area contributed by atoms with Crippen molar-refractivity contribution in [1.29, 1.82) is 0 Å². The predicted molar refractivity (Wildman–Crippen MR) is 93.4 cm³/mol. The fourth-order valence-electron chi connectivity index (χ4n) is 2.72. The van der Waals surface area contributed by atoms with Crippen LogP contribution in [0.5, 0.6) is 0 Å². The highest BCUT2D eigenvalue weighted by Crippen LogP contribution is 2.24. The number of aromatic nitrogens is 1. The Balaban J connectivity index is 1.84. The van der Waals surface area contributed by atoms with Crippen molar-refractivity contribution in [1.82, 2.24) is 4.57 Å². The molecule has 0 aliphatic heterocycles. The largest absolute Gasteiger partial charge is 0.478 e. The molecule has 23 heavy (non-hydrogen) atoms. The van der Waals surface area contributed by atoms with Crippen molar-refractivity contribution < 1.29 is 9.90 Å². The molecule has 4 nitrogen and oxygen atoms in total. The van der Waals surface area contributed by atoms with Gasteiger partial charge in [0.2, 0.25) is 0 Å². The van der Waals surface area contributed by atoms with Gasteiger partial charge >= 0.3 is 5.97 Å². The first kappa shape index (κ1) is 15.4. The summed E-state index contributed by atoms with van der Waals surface area (Å²) in [4.78, 5) is 11.0. The number of fused-ring (bicyclic) bond motifs is 1. The lowest BCUT2D eigenvalue weighted by Crippen LogP contribution is -2.01. The fraction of sp³-hybridized carbons (Fsp3) is 0.167. The number of aryl methyl sites for hydroxylation is 1. The zero-order valence-corrected chi connectivity index (χ0v) is 13.5. The van der Waals surface area contributed by atoms with E-state index in [2.05, 4.69) is 35.1 Å². The van der Waals surface area contributed by atoms with Crippen LogP contribution in [-0.2, 0) is 13.1 Å². The van der Waals surface area contributed by atoms with Crippen molar-refractivity contribution in [2.45, 2.75) is 20.0 Å². The van der Waals surface area contributed by atoms with E-state index in [1.54, 1.807) is 12.1 Å². The molecular weight excluding hydrogens is 312 g/mol. The standard InChI is InChI=1S/C18H17ClN2O2/c1-2-21-11-12(14-5-3-4-6-17(14)21)10-20-13-7-8-15(18(22)23)16(19)9-13/h3-9,11,20H,2,10H2,1H3,(H,22,23). The number of rotatable bonds is 5. The Morgan fingerprint density at radius 1 is 1.26 bits per heavy atom. The van der Waals surface area contributed by atoms with Gasteiger partial charge < -0.3 is 15.0 Å². The van der Waals surface area contributed by atoms with Crippen LogP contribution in [0.1, 0.15) is 22.8 Å². The molecule has 0 saturated carbocycles. The maximum atomic E-state index is 11.0. The summed E-state index contributed by atoms with van der Waals surface area (Å²) in [6.45, 7) is 3.68. The first-order valence-electron chi connectivity index (χ1n) is 7.43. The first-order chi connectivity index (χ1) is 11.1. The van der Waals surface area contributed by atoms with Gasteiger partial charge in [0.1, 0.15) is 0 Å². The molecule has 0 saturated heterocycles. The minimum atomic E-state index is -1.02. The van der Waals surface area contributed by atoms with Crippen LogP contribution >= 0.6 is 11.6 Å². The average Bonchev–Trinajstić information content (AvgIpc) is 2.91. The molecule has 2 N–H and O–H groups in total. The summed E-state index contributed by atoms with van der Waals surface area (Å²) in [7, 11) is 0. The van der Waals surface area contributed by atoms with Gasteiger partial charge in [-0.3, -0.25) is 0 Å². The Morgan fingerprint density at radius 2 is 2.04 bits per heavy atom. The third-order valence-corrected chi connectivity index (χ3v) is 4.21. The van der Waals surface area contributed by atoms with E-state index in [-0.39, 0.29) is 10.6 Å². The quantitative estimate of drug-likeness (QED) is 0.718. The van der Waals surface area contributed by atoms with E-state index in [4.69, 9.17) is 16.7 Å². The summed E-state index contributed by atoms with van der Waals surface area (Å²) < 4.78 is 2.22. The number of carboxylic acid groups (broad SMARTS) is 1. The number of carbonyl (C=O) groups is 1. The lowest BCUT2D eigenvalue weighted by atomic mass is 10.1. The Bertz CT molecular complexity index is 871. The topological polar surface area (TPSA) is 54.3 Å². The predicted octanol–water partition coefficient (Wildman–Crippen LogP) is 4.62. The first-order valence-corrected chi connectivity index (χ1v) is 7.81. The molecule has 3 rings (SSSR count). The Labute approximate surface area is 139 Å². The summed E-state index contributed by atoms with van der Waals surface area (Å²) in [5.74, 6) is -1.02. The molecule has 5 heteroatoms. The van der Waals surface area contributed by atoms with Gasteiger partial charge in [-0.1, -0.05) is 29.8 Å². The SMILES string of the molecule is CCn1cc(CNc2ccc(C(=O)O)c(Cl)c2)c2ccccc21. The summed E-state index contributed by atoms with van der Waals surface area (Å²) in [6, 6.07) is 13.2. The number of halogens is 1. The summed E-state index contributed by atoms with van der Waals surface area (Å²) in [6.07, 6.45) is 2.14. The zero-order valence-electron chi connectivity index (χ0n) is 12.7. The van der Waals surface area contributed by atoms with Gasteiger partial charge in [-0.2, -0.15) is 0 Å². The Morgan fingerprint density at radius 3 is 2.74 bits per heavy atom. The van der Waals surface area contributed by atoms with Crippen LogP contribution in [0.3, 0.4) is 0 Å². The second-order valence-electron chi connectivity index (χ2n) is 5.31. The van der Waals surface area contributed by atoms with Crippen LogP contribution in [0.4, 0.5) is 5.69 Å². The molecule has 0 radical (unpaired) electrons. The number of para-hydroxylation sites is 1. The van der Waals surface area contributed by atoms with Crippen molar-refractivity contribution >= 4 is 34.2 Å². The minimum Gasteiger partial charge on any atom is -0.478 e. The maximum Gasteiger partial charge on any atom is 0.337 e. The average molecular weight is 329 g/mol. The van der Waals surface area contributed by atoms with Gasteiger partial charge in [0, 0.05) is 35.9 Å². The third kappa shape index (κ3) is 3.03. The molecule has 1 aromatic heterocycles. The van der Waals surface area contributed by atoms with Gasteiger partial charge in [0.05, 0.1) is 10.6 Å². The number of carboxylic acids is 1. The summed E-state index contributed by atoms with van der Waals surface area (Å²) in [5.41, 5.74) is 3.32. The van der Waals surface area contributed by atoms with Crippen LogP contribution in [0, 0.1) is 0 Å². The monoisotopic (exact) mass is 328 g/mol. The number of aromatic carboxylic acids is 1. The minimum absolute atomic E-state index is 0.111. The molecule has 118 valence electrons. The van der Waals surface area contributed by atoms with Gasteiger partial charge in [0.25, 0.3) is 0 Å². The van der Waals surface area contributed by atoms with Gasteiger partial charge in [-0.15, -0.1) is 0 Å². The molecule has 0 aliphatic carbocycles. The van der Waals surface area contributed by atoms with Crippen LogP contribution < -0.4 is 5.32 Å². The summed E-state index contributed by atoms with van der Waals surface area (Å²) in [5, 5.41) is 13.8. The van der Waals surface area contributed by atoms with Gasteiger partial charge in [0.15, 0.2) is 0 Å². The second-order valence-corrected chi connectivity index (χ2v) is 5.72. The van der Waals surface area contributed by atoms with E-state index in [9.17, 15) is 4.79 Å². The van der Waals surface area contributed by atoms with Crippen LogP contribution in [0.2, 0.25) is 5.02 Å². The van der Waals surface area contributed by atoms with Crippen molar-refractivity contribution in [2.24, 2.45) is 0 Å². The van der Waals surface area contributed by atoms with Crippen molar-refractivity contribution in [3.05, 3.63) is 64.8 Å². The number of anilines is 1. The third-order valence-electron chi connectivity index (χ3n) is 3.89. The molecule has 0 fully saturated rings. The van der Waals surface area contributed by atoms with E-state index in [1.165, 1.54) is 22.5 Å². The molecular formula is C18H17ClN2O2. The number of nitrogens with zero attached hydrogens (tertiary/aromatic N) is 1. The van der Waals surface area contributed by atoms with Crippen molar-refractivity contribution in [3.8, 4) is 0 Å². The number of hydrogen-bond acceptors (Lipinski definition) is 2. The van der Waals surface area contributed by atoms with Gasteiger partial charge in [-0.05, 0) is 36.8 Å². The van der Waals surface area contributed by atoms with E-state index < -0.39 is 5.97 Å². The van der Waals surface area contributed by atoms with Crippen LogP contribution in [-0.4, -0.2) is 15.6 Å². The second kappa shape index (κ2) is 6.34. The van der Waals surface area contributed by atoms with E-state index in [1.807, 2.05) is 12.1 Å². The van der Waals surface area contributed by atoms with E-state index in [0.717, 1.165) is 12.2 Å². The maximum absolute atomic E-state index is 11.0. The molecule has 0 spiro atoms. The number of nitrogens with one attached hydrogen (secondary N) is 1. The molecule has 0 aliphatic rings. The lowest BCUT2D eigenvalue weighted by Gasteiger charge is -2.07. The molecule has 1 heterocycles. The normalized spacial score (nSPS) is 10.9. The Hall–Kier alpha value is -2.46. The van der Waals surface area contributed by atoms with E-state index in [0.29, 0.717) is 6.54 Å². The Kier molecular flexibility index (Phi) is 4.26. The lowest BCUT2D eigenvalue weighted by molar-refractivity contribution is 0.0697. The fourth-order valence-corrected chi connectivity index (χ4v) is 2.98. The highest BCUT2D eigenvalue weighted by Gasteiger charge is 2.10. The van der Waals surface area contributed by atoms with Crippen LogP contribution in [0.15, 0.2) is 48.7 Å². The van der Waals surface area contributed by atoms with E-state index >= 15 is 0 Å². The van der Waals surface area contributed by atoms with Crippen LogP contribution in [0.25, 0.3) is 10.9 Å². The zero-order chi connectivity index (χ0) is 16.4.